The molecule has 0 saturated carbocycles. The molecular weight excluding hydrogens is 510 g/mol. The molecule has 2 amide bonds. The number of carbonyl (C=O) groups is 2. The molecule has 0 fully saturated rings. The number of benzene rings is 2. The number of nitrogens with one attached hydrogen (secondary N) is 1. The highest BCUT2D eigenvalue weighted by Gasteiger charge is 2.21. The highest BCUT2D eigenvalue weighted by Crippen LogP contribution is 2.16. The second-order valence-electron chi connectivity index (χ2n) is 8.11. The third-order valence-electron chi connectivity index (χ3n) is 5.10. The van der Waals surface area contributed by atoms with Gasteiger partial charge in [-0.1, -0.05) is 42.5 Å². The van der Waals surface area contributed by atoms with Gasteiger partial charge in [-0.15, -0.1) is 11.3 Å². The summed E-state index contributed by atoms with van der Waals surface area (Å²) in [5, 5.41) is 1.91. The first kappa shape index (κ1) is 27.9. The van der Waals surface area contributed by atoms with Crippen LogP contribution in [0.2, 0.25) is 0 Å². The number of rotatable bonds is 9. The van der Waals surface area contributed by atoms with Crippen molar-refractivity contribution in [3.05, 3.63) is 113 Å². The van der Waals surface area contributed by atoms with Crippen molar-refractivity contribution in [3.63, 3.8) is 0 Å². The van der Waals surface area contributed by atoms with E-state index in [1.54, 1.807) is 26.2 Å². The number of thiophene rings is 1. The van der Waals surface area contributed by atoms with Crippen molar-refractivity contribution in [1.82, 2.24) is 14.5 Å². The molecule has 4 aromatic rings. The topological polar surface area (TPSA) is 99.9 Å². The van der Waals surface area contributed by atoms with Gasteiger partial charge >= 0.3 is 0 Å². The summed E-state index contributed by atoms with van der Waals surface area (Å²) in [4.78, 5) is 28.7. The fourth-order valence-electron chi connectivity index (χ4n) is 3.19. The first-order valence-corrected chi connectivity index (χ1v) is 13.8. The molecule has 0 saturated heterocycles. The normalized spacial score (nSPS) is 10.8. The number of amides is 2. The predicted molar refractivity (Wildman–Crippen MR) is 143 cm³/mol. The fraction of sp³-hybridized carbons (Fsp3) is 0.185. The molecule has 0 unspecified atom stereocenters. The van der Waals surface area contributed by atoms with Gasteiger partial charge in [0.25, 0.3) is 5.91 Å². The second-order valence-corrected chi connectivity index (χ2v) is 10.9. The van der Waals surface area contributed by atoms with Crippen molar-refractivity contribution in [3.8, 4) is 0 Å². The summed E-state index contributed by atoms with van der Waals surface area (Å²) < 4.78 is 32.9. The maximum Gasteiger partial charge on any atom is 0.253 e. The Kier molecular flexibility index (Phi) is 10.2. The van der Waals surface area contributed by atoms with Crippen LogP contribution in [-0.4, -0.2) is 50.7 Å². The van der Waals surface area contributed by atoms with Gasteiger partial charge in [0.2, 0.25) is 15.9 Å². The zero-order valence-corrected chi connectivity index (χ0v) is 22.2. The van der Waals surface area contributed by atoms with Crippen LogP contribution in [0.4, 0.5) is 0 Å². The molecule has 0 aliphatic rings. The van der Waals surface area contributed by atoms with E-state index < -0.39 is 16.6 Å². The second kappa shape index (κ2) is 13.5. The molecule has 37 heavy (non-hydrogen) atoms. The fourth-order valence-corrected chi connectivity index (χ4v) is 4.88. The highest BCUT2D eigenvalue weighted by molar-refractivity contribution is 7.89. The van der Waals surface area contributed by atoms with E-state index in [1.807, 2.05) is 53.9 Å². The summed E-state index contributed by atoms with van der Waals surface area (Å²) in [7, 11) is -0.687. The maximum atomic E-state index is 12.8. The molecule has 2 aromatic heterocycles. The molecule has 0 aliphatic carbocycles. The van der Waals surface area contributed by atoms with Crippen LogP contribution in [0.25, 0.3) is 0 Å². The Labute approximate surface area is 221 Å². The Morgan fingerprint density at radius 2 is 1.51 bits per heavy atom. The number of furan rings is 1. The van der Waals surface area contributed by atoms with E-state index in [0.717, 1.165) is 4.88 Å². The van der Waals surface area contributed by atoms with Gasteiger partial charge in [-0.2, -0.15) is 0 Å². The Morgan fingerprint density at radius 1 is 0.865 bits per heavy atom. The minimum Gasteiger partial charge on any atom is -0.467 e. The Bertz CT molecular complexity index is 1270. The van der Waals surface area contributed by atoms with Gasteiger partial charge in [-0.25, -0.2) is 13.1 Å². The SMILES string of the molecule is CN(C)C(=O)c1ccc(S(=O)(=O)NCC(=O)N(Cc2ccco2)Cc2cccs2)cc1.c1ccccc1. The standard InChI is InChI=1S/C21H23N3O5S2.C6H6/c1-23(2)21(26)16-7-9-19(10-8-16)31(27,28)22-13-20(25)24(14-17-5-3-11-29-17)15-18-6-4-12-30-18;1-2-4-6-5-3-1/h3-12,22H,13-15H2,1-2H3;1-6H. The van der Waals surface area contributed by atoms with Gasteiger partial charge in [0.05, 0.1) is 30.8 Å². The predicted octanol–water partition coefficient (Wildman–Crippen LogP) is 4.24. The van der Waals surface area contributed by atoms with Crippen molar-refractivity contribution < 1.29 is 22.4 Å². The van der Waals surface area contributed by atoms with Gasteiger partial charge in [-0.05, 0) is 47.8 Å². The number of hydrogen-bond donors (Lipinski definition) is 1. The van der Waals surface area contributed by atoms with Crippen LogP contribution in [-0.2, 0) is 27.9 Å². The van der Waals surface area contributed by atoms with Crippen molar-refractivity contribution in [2.24, 2.45) is 0 Å². The molecule has 0 radical (unpaired) electrons. The van der Waals surface area contributed by atoms with Crippen LogP contribution < -0.4 is 4.72 Å². The van der Waals surface area contributed by atoms with Crippen LogP contribution in [0.3, 0.4) is 0 Å². The minimum atomic E-state index is -3.92. The van der Waals surface area contributed by atoms with E-state index in [1.165, 1.54) is 51.7 Å². The molecule has 2 aromatic carbocycles. The van der Waals surface area contributed by atoms with Gasteiger partial charge in [0, 0.05) is 24.5 Å². The molecule has 0 bridgehead atoms. The van der Waals surface area contributed by atoms with Crippen LogP contribution in [0.15, 0.2) is 106 Å². The van der Waals surface area contributed by atoms with Crippen LogP contribution in [0, 0.1) is 0 Å². The van der Waals surface area contributed by atoms with Crippen molar-refractivity contribution in [2.45, 2.75) is 18.0 Å². The molecule has 194 valence electrons. The first-order valence-electron chi connectivity index (χ1n) is 11.4. The lowest BCUT2D eigenvalue weighted by molar-refractivity contribution is -0.131. The first-order chi connectivity index (χ1) is 17.8. The minimum absolute atomic E-state index is 0.0218. The smallest absolute Gasteiger partial charge is 0.253 e. The summed E-state index contributed by atoms with van der Waals surface area (Å²) in [6.07, 6.45) is 1.52. The van der Waals surface area contributed by atoms with E-state index in [9.17, 15) is 18.0 Å². The van der Waals surface area contributed by atoms with E-state index in [0.29, 0.717) is 17.9 Å². The van der Waals surface area contributed by atoms with E-state index >= 15 is 0 Å². The summed E-state index contributed by atoms with van der Waals surface area (Å²) in [5.41, 5.74) is 0.376. The van der Waals surface area contributed by atoms with E-state index in [2.05, 4.69) is 4.72 Å². The zero-order chi connectivity index (χ0) is 26.7. The van der Waals surface area contributed by atoms with Crippen LogP contribution in [0.1, 0.15) is 21.0 Å². The van der Waals surface area contributed by atoms with Gasteiger partial charge < -0.3 is 14.2 Å². The van der Waals surface area contributed by atoms with Crippen molar-refractivity contribution in [1.29, 1.82) is 0 Å². The van der Waals surface area contributed by atoms with Gasteiger partial charge in [0.15, 0.2) is 0 Å². The molecule has 0 aliphatic heterocycles. The average molecular weight is 540 g/mol. The third-order valence-corrected chi connectivity index (χ3v) is 7.38. The third kappa shape index (κ3) is 8.71. The maximum absolute atomic E-state index is 12.8. The monoisotopic (exact) mass is 539 g/mol. The molecule has 0 spiro atoms. The largest absolute Gasteiger partial charge is 0.467 e. The Balaban J connectivity index is 0.000000555. The summed E-state index contributed by atoms with van der Waals surface area (Å²) in [5.74, 6) is -0.00378. The van der Waals surface area contributed by atoms with E-state index in [4.69, 9.17) is 4.42 Å². The van der Waals surface area contributed by atoms with Crippen LogP contribution in [0.5, 0.6) is 0 Å². The van der Waals surface area contributed by atoms with E-state index in [-0.39, 0.29) is 23.3 Å². The number of sulfonamides is 1. The molecule has 8 nitrogen and oxygen atoms in total. The quantitative estimate of drug-likeness (QED) is 0.343. The number of hydrogen-bond acceptors (Lipinski definition) is 6. The zero-order valence-electron chi connectivity index (χ0n) is 20.6. The van der Waals surface area contributed by atoms with Crippen LogP contribution >= 0.6 is 11.3 Å². The van der Waals surface area contributed by atoms with Gasteiger partial charge in [0.1, 0.15) is 5.76 Å². The summed E-state index contributed by atoms with van der Waals surface area (Å²) >= 11 is 1.51. The molecule has 4 rings (SSSR count). The number of nitrogens with zero attached hydrogens (tertiary/aromatic N) is 2. The summed E-state index contributed by atoms with van der Waals surface area (Å²) in [6.45, 7) is 0.180. The number of carbonyl (C=O) groups excluding carboxylic acids is 2. The molecule has 10 heteroatoms. The van der Waals surface area contributed by atoms with Crippen molar-refractivity contribution >= 4 is 33.2 Å². The average Bonchev–Trinajstić information content (AvgIpc) is 3.63. The Hall–Kier alpha value is -3.73. The lowest BCUT2D eigenvalue weighted by atomic mass is 10.2. The van der Waals surface area contributed by atoms with Crippen molar-refractivity contribution in [2.75, 3.05) is 20.6 Å². The molecule has 2 heterocycles. The molecule has 1 N–H and O–H groups in total. The Morgan fingerprint density at radius 3 is 2.03 bits per heavy atom. The highest BCUT2D eigenvalue weighted by atomic mass is 32.2. The lowest BCUT2D eigenvalue weighted by Gasteiger charge is -2.21. The van der Waals surface area contributed by atoms with Gasteiger partial charge in [-0.3, -0.25) is 9.59 Å². The molecular formula is C27H29N3O5S2. The summed E-state index contributed by atoms with van der Waals surface area (Å²) in [6, 6.07) is 24.9. The molecule has 0 atom stereocenters. The lowest BCUT2D eigenvalue weighted by Crippen LogP contribution is -2.39.